The lowest BCUT2D eigenvalue weighted by atomic mass is 9.88. The van der Waals surface area contributed by atoms with Gasteiger partial charge in [-0.15, -0.1) is 0 Å². The predicted molar refractivity (Wildman–Crippen MR) is 130 cm³/mol. The molecule has 2 amide bonds. The first kappa shape index (κ1) is 21.9. The van der Waals surface area contributed by atoms with E-state index < -0.39 is 17.6 Å². The number of hydrogen-bond acceptors (Lipinski definition) is 4. The van der Waals surface area contributed by atoms with E-state index in [1.165, 1.54) is 17.0 Å². The molecule has 32 heavy (non-hydrogen) atoms. The average molecular weight is 450 g/mol. The van der Waals surface area contributed by atoms with E-state index in [0.717, 1.165) is 22.4 Å². The number of carbonyl (C=O) groups is 2. The zero-order valence-corrected chi connectivity index (χ0v) is 19.4. The zero-order valence-electron chi connectivity index (χ0n) is 18.6. The molecule has 2 aromatic rings. The quantitative estimate of drug-likeness (QED) is 0.414. The van der Waals surface area contributed by atoms with Gasteiger partial charge in [-0.25, -0.2) is 4.39 Å². The normalized spacial score (nSPS) is 19.1. The molecule has 5 nitrogen and oxygen atoms in total. The lowest BCUT2D eigenvalue weighted by molar-refractivity contribution is -0.122. The maximum atomic E-state index is 15.1. The fraction of sp³-hybridized carbons (Fsp3) is 0.240. The molecule has 0 bridgehead atoms. The Hall–Kier alpha value is -3.32. The van der Waals surface area contributed by atoms with Crippen LogP contribution in [0.4, 0.5) is 15.8 Å². The molecular weight excluding hydrogens is 425 g/mol. The number of fused-ring (bicyclic) bond motifs is 1. The number of amides is 2. The number of likely N-dealkylation sites (N-methyl/N-ethyl adjacent to an activating group) is 1. The van der Waals surface area contributed by atoms with Crippen molar-refractivity contribution >= 4 is 52.2 Å². The first-order chi connectivity index (χ1) is 15.0. The Balaban J connectivity index is 1.78. The van der Waals surface area contributed by atoms with Crippen LogP contribution in [0.15, 0.2) is 48.0 Å². The Morgan fingerprint density at radius 2 is 1.75 bits per heavy atom. The molecule has 2 aliphatic rings. The van der Waals surface area contributed by atoms with Crippen LogP contribution in [-0.2, 0) is 9.59 Å². The van der Waals surface area contributed by atoms with E-state index in [9.17, 15) is 9.59 Å². The van der Waals surface area contributed by atoms with Crippen molar-refractivity contribution in [2.45, 2.75) is 33.2 Å². The highest BCUT2D eigenvalue weighted by Gasteiger charge is 2.35. The number of nitrogens with one attached hydrogen (secondary N) is 1. The number of aryl methyl sites for hydroxylation is 1. The smallest absolute Gasteiger partial charge is 0.270 e. The lowest BCUT2D eigenvalue weighted by Crippen LogP contribution is -2.54. The largest absolute Gasteiger partial charge is 0.365 e. The molecule has 0 aliphatic carbocycles. The van der Waals surface area contributed by atoms with Gasteiger partial charge in [0, 0.05) is 23.9 Å². The molecule has 4 rings (SSSR count). The second kappa shape index (κ2) is 7.67. The zero-order chi connectivity index (χ0) is 23.4. The Kier molecular flexibility index (Phi) is 5.25. The number of anilines is 2. The molecule has 2 aromatic carbocycles. The summed E-state index contributed by atoms with van der Waals surface area (Å²) in [6, 6.07) is 10.3. The highest BCUT2D eigenvalue weighted by atomic mass is 32.1. The molecule has 2 aliphatic heterocycles. The van der Waals surface area contributed by atoms with E-state index in [-0.39, 0.29) is 21.8 Å². The van der Waals surface area contributed by atoms with Crippen molar-refractivity contribution in [1.29, 1.82) is 0 Å². The SMILES string of the molecule is CC1=CC(C)(C)N(C)c2cc(F)c(/C=C3/C(=O)NC(=S)N(c4ccc(C)cc4)C3=O)cc21. The minimum Gasteiger partial charge on any atom is -0.365 e. The molecule has 0 spiro atoms. The number of nitrogens with zero attached hydrogens (tertiary/aromatic N) is 2. The monoisotopic (exact) mass is 449 g/mol. The molecule has 0 unspecified atom stereocenters. The van der Waals surface area contributed by atoms with E-state index >= 15 is 4.39 Å². The Labute approximate surface area is 192 Å². The molecule has 0 saturated carbocycles. The molecule has 7 heteroatoms. The molecule has 2 heterocycles. The van der Waals surface area contributed by atoms with Crippen LogP contribution in [0.3, 0.4) is 0 Å². The maximum Gasteiger partial charge on any atom is 0.270 e. The van der Waals surface area contributed by atoms with Crippen molar-refractivity contribution in [3.05, 3.63) is 70.6 Å². The van der Waals surface area contributed by atoms with E-state index in [4.69, 9.17) is 12.2 Å². The summed E-state index contributed by atoms with van der Waals surface area (Å²) < 4.78 is 15.1. The van der Waals surface area contributed by atoms with Gasteiger partial charge < -0.3 is 4.90 Å². The van der Waals surface area contributed by atoms with Gasteiger partial charge in [0.15, 0.2) is 5.11 Å². The maximum absolute atomic E-state index is 15.1. The highest BCUT2D eigenvalue weighted by molar-refractivity contribution is 7.80. The summed E-state index contributed by atoms with van der Waals surface area (Å²) in [5, 5.41) is 2.53. The van der Waals surface area contributed by atoms with Crippen LogP contribution in [-0.4, -0.2) is 29.5 Å². The molecule has 1 N–H and O–H groups in total. The topological polar surface area (TPSA) is 52.7 Å². The molecule has 0 aromatic heterocycles. The van der Waals surface area contributed by atoms with E-state index in [1.807, 2.05) is 37.9 Å². The van der Waals surface area contributed by atoms with Gasteiger partial charge in [0.05, 0.1) is 11.2 Å². The fourth-order valence-corrected chi connectivity index (χ4v) is 4.32. The second-order valence-corrected chi connectivity index (χ2v) is 9.11. The van der Waals surface area contributed by atoms with Crippen molar-refractivity contribution in [3.8, 4) is 0 Å². The summed E-state index contributed by atoms with van der Waals surface area (Å²) in [5.74, 6) is -1.75. The van der Waals surface area contributed by atoms with Crippen LogP contribution < -0.4 is 15.1 Å². The number of hydrogen-bond donors (Lipinski definition) is 1. The van der Waals surface area contributed by atoms with Crippen molar-refractivity contribution in [2.24, 2.45) is 0 Å². The van der Waals surface area contributed by atoms with Gasteiger partial charge in [-0.3, -0.25) is 19.8 Å². The summed E-state index contributed by atoms with van der Waals surface area (Å²) >= 11 is 5.23. The van der Waals surface area contributed by atoms with Crippen molar-refractivity contribution in [3.63, 3.8) is 0 Å². The van der Waals surface area contributed by atoms with Crippen LogP contribution in [0.1, 0.15) is 37.5 Å². The summed E-state index contributed by atoms with van der Waals surface area (Å²) in [6.07, 6.45) is 3.41. The third kappa shape index (κ3) is 3.62. The number of thiocarbonyl (C=S) groups is 1. The highest BCUT2D eigenvalue weighted by Crippen LogP contribution is 2.39. The number of carbonyl (C=O) groups excluding carboxylic acids is 2. The summed E-state index contributed by atoms with van der Waals surface area (Å²) in [5.41, 5.74) is 3.91. The van der Waals surface area contributed by atoms with Crippen LogP contribution in [0.2, 0.25) is 0 Å². The van der Waals surface area contributed by atoms with Crippen LogP contribution in [0.25, 0.3) is 11.6 Å². The Bertz CT molecular complexity index is 1230. The molecule has 1 saturated heterocycles. The third-order valence-corrected chi connectivity index (χ3v) is 6.31. The number of rotatable bonds is 2. The Morgan fingerprint density at radius 1 is 1.09 bits per heavy atom. The minimum atomic E-state index is -0.647. The number of allylic oxidation sites excluding steroid dienone is 1. The van der Waals surface area contributed by atoms with Gasteiger partial charge in [0.1, 0.15) is 11.4 Å². The number of benzene rings is 2. The van der Waals surface area contributed by atoms with Crippen molar-refractivity contribution in [2.75, 3.05) is 16.8 Å². The standard InChI is InChI=1S/C25H24FN3O2S/c1-14-6-8-17(9-7-14)29-23(31)19(22(30)27-24(29)32)11-16-10-18-15(2)13-25(3,4)28(5)21(18)12-20(16)26/h6-13H,1-5H3,(H,27,30,32)/b19-11-. The van der Waals surface area contributed by atoms with Gasteiger partial charge in [-0.2, -0.15) is 0 Å². The minimum absolute atomic E-state index is 0.00505. The first-order valence-corrected chi connectivity index (χ1v) is 10.7. The molecule has 0 radical (unpaired) electrons. The van der Waals surface area contributed by atoms with Crippen LogP contribution in [0, 0.1) is 12.7 Å². The van der Waals surface area contributed by atoms with Gasteiger partial charge in [0.25, 0.3) is 11.8 Å². The summed E-state index contributed by atoms with van der Waals surface area (Å²) in [6.45, 7) is 8.02. The predicted octanol–water partition coefficient (Wildman–Crippen LogP) is 4.60. The van der Waals surface area contributed by atoms with Crippen molar-refractivity contribution in [1.82, 2.24) is 5.32 Å². The molecular formula is C25H24FN3O2S. The fourth-order valence-electron chi connectivity index (χ4n) is 4.04. The lowest BCUT2D eigenvalue weighted by Gasteiger charge is -2.40. The third-order valence-electron chi connectivity index (χ3n) is 6.03. The molecule has 164 valence electrons. The van der Waals surface area contributed by atoms with Gasteiger partial charge in [-0.05, 0) is 75.8 Å². The molecule has 0 atom stereocenters. The van der Waals surface area contributed by atoms with Gasteiger partial charge >= 0.3 is 0 Å². The van der Waals surface area contributed by atoms with Crippen LogP contribution >= 0.6 is 12.2 Å². The van der Waals surface area contributed by atoms with E-state index in [1.54, 1.807) is 18.2 Å². The van der Waals surface area contributed by atoms with E-state index in [2.05, 4.69) is 25.2 Å². The number of halogens is 1. The molecule has 1 fully saturated rings. The Morgan fingerprint density at radius 3 is 2.41 bits per heavy atom. The van der Waals surface area contributed by atoms with Gasteiger partial charge in [0.2, 0.25) is 0 Å². The van der Waals surface area contributed by atoms with Crippen LogP contribution in [0.5, 0.6) is 0 Å². The summed E-state index contributed by atoms with van der Waals surface area (Å²) in [4.78, 5) is 29.1. The first-order valence-electron chi connectivity index (χ1n) is 10.2. The van der Waals surface area contributed by atoms with Gasteiger partial charge in [-0.1, -0.05) is 23.8 Å². The van der Waals surface area contributed by atoms with Crippen molar-refractivity contribution < 1.29 is 14.0 Å². The van der Waals surface area contributed by atoms with E-state index in [0.29, 0.717) is 5.69 Å². The second-order valence-electron chi connectivity index (χ2n) is 8.72. The summed E-state index contributed by atoms with van der Waals surface area (Å²) in [7, 11) is 1.91. The average Bonchev–Trinajstić information content (AvgIpc) is 2.71.